The zero-order chi connectivity index (χ0) is 13.0. The summed E-state index contributed by atoms with van der Waals surface area (Å²) >= 11 is 3.33. The largest absolute Gasteiger partial charge is 0.383 e. The molecule has 5 nitrogen and oxygen atoms in total. The maximum atomic E-state index is 5.73. The summed E-state index contributed by atoms with van der Waals surface area (Å²) in [5, 5.41) is 0. The Kier molecular flexibility index (Phi) is 4.09. The summed E-state index contributed by atoms with van der Waals surface area (Å²) in [6, 6.07) is 5.64. The molecule has 0 aliphatic rings. The van der Waals surface area contributed by atoms with Gasteiger partial charge in [0.15, 0.2) is 0 Å². The van der Waals surface area contributed by atoms with Gasteiger partial charge in [0.1, 0.15) is 10.4 Å². The fourth-order valence-electron chi connectivity index (χ4n) is 1.60. The standard InChI is InChI=1S/C12H14BrN5/c1-2-18(8-9-3-5-15-6-4-9)12-16-10(13)7-11(14)17-12/h3-7H,2,8H2,1H3,(H2,14,16,17). The van der Waals surface area contributed by atoms with Crippen LogP contribution in [0.2, 0.25) is 0 Å². The first-order valence-electron chi connectivity index (χ1n) is 5.63. The Morgan fingerprint density at radius 3 is 2.61 bits per heavy atom. The van der Waals surface area contributed by atoms with Gasteiger partial charge in [0, 0.05) is 31.5 Å². The molecule has 2 N–H and O–H groups in total. The number of pyridine rings is 1. The smallest absolute Gasteiger partial charge is 0.228 e. The first-order valence-corrected chi connectivity index (χ1v) is 6.42. The molecule has 2 heterocycles. The molecule has 0 aliphatic heterocycles. The van der Waals surface area contributed by atoms with Gasteiger partial charge in [0.25, 0.3) is 0 Å². The highest BCUT2D eigenvalue weighted by Crippen LogP contribution is 2.17. The molecule has 2 aromatic rings. The summed E-state index contributed by atoms with van der Waals surface area (Å²) in [7, 11) is 0. The summed E-state index contributed by atoms with van der Waals surface area (Å²) in [5.74, 6) is 1.08. The molecule has 0 amide bonds. The monoisotopic (exact) mass is 307 g/mol. The predicted molar refractivity (Wildman–Crippen MR) is 75.1 cm³/mol. The lowest BCUT2D eigenvalue weighted by atomic mass is 10.2. The lowest BCUT2D eigenvalue weighted by Crippen LogP contribution is -2.24. The number of aromatic nitrogens is 3. The lowest BCUT2D eigenvalue weighted by Gasteiger charge is -2.21. The molecule has 0 saturated heterocycles. The Labute approximate surface area is 114 Å². The molecule has 0 aliphatic carbocycles. The van der Waals surface area contributed by atoms with Crippen LogP contribution in [0.25, 0.3) is 0 Å². The van der Waals surface area contributed by atoms with E-state index in [-0.39, 0.29) is 0 Å². The van der Waals surface area contributed by atoms with Crippen molar-refractivity contribution in [2.45, 2.75) is 13.5 Å². The predicted octanol–water partition coefficient (Wildman–Crippen LogP) is 2.24. The second kappa shape index (κ2) is 5.77. The third kappa shape index (κ3) is 3.16. The third-order valence-corrected chi connectivity index (χ3v) is 2.90. The number of halogens is 1. The van der Waals surface area contributed by atoms with Crippen LogP contribution in [0, 0.1) is 0 Å². The zero-order valence-corrected chi connectivity index (χ0v) is 11.6. The van der Waals surface area contributed by atoms with E-state index < -0.39 is 0 Å². The highest BCUT2D eigenvalue weighted by Gasteiger charge is 2.10. The van der Waals surface area contributed by atoms with Gasteiger partial charge >= 0.3 is 0 Å². The van der Waals surface area contributed by atoms with Crippen molar-refractivity contribution >= 4 is 27.7 Å². The van der Waals surface area contributed by atoms with Crippen LogP contribution in [-0.2, 0) is 6.54 Å². The maximum Gasteiger partial charge on any atom is 0.228 e. The lowest BCUT2D eigenvalue weighted by molar-refractivity contribution is 0.789. The molecule has 0 spiro atoms. The van der Waals surface area contributed by atoms with Crippen molar-refractivity contribution in [1.29, 1.82) is 0 Å². The molecular weight excluding hydrogens is 294 g/mol. The van der Waals surface area contributed by atoms with Crippen LogP contribution < -0.4 is 10.6 Å². The van der Waals surface area contributed by atoms with Gasteiger partial charge < -0.3 is 10.6 Å². The van der Waals surface area contributed by atoms with Gasteiger partial charge in [-0.05, 0) is 40.5 Å². The number of rotatable bonds is 4. The van der Waals surface area contributed by atoms with Crippen molar-refractivity contribution in [2.24, 2.45) is 0 Å². The molecule has 0 radical (unpaired) electrons. The van der Waals surface area contributed by atoms with Crippen LogP contribution in [0.4, 0.5) is 11.8 Å². The first-order chi connectivity index (χ1) is 8.69. The Morgan fingerprint density at radius 1 is 1.28 bits per heavy atom. The molecule has 0 atom stereocenters. The third-order valence-electron chi connectivity index (χ3n) is 2.49. The summed E-state index contributed by atoms with van der Waals surface area (Å²) in [5.41, 5.74) is 6.89. The number of nitrogen functional groups attached to an aromatic ring is 1. The molecule has 0 fully saturated rings. The van der Waals surface area contributed by atoms with Crippen molar-refractivity contribution < 1.29 is 0 Å². The fourth-order valence-corrected chi connectivity index (χ4v) is 1.99. The summed E-state index contributed by atoms with van der Waals surface area (Å²) in [6.07, 6.45) is 3.55. The Hall–Kier alpha value is -1.69. The number of nitrogens with zero attached hydrogens (tertiary/aromatic N) is 4. The molecule has 94 valence electrons. The van der Waals surface area contributed by atoms with E-state index >= 15 is 0 Å². The first kappa shape index (κ1) is 12.8. The van der Waals surface area contributed by atoms with E-state index in [1.807, 2.05) is 12.1 Å². The molecule has 0 saturated carbocycles. The van der Waals surface area contributed by atoms with Gasteiger partial charge in [-0.25, -0.2) is 4.98 Å². The highest BCUT2D eigenvalue weighted by atomic mass is 79.9. The number of hydrogen-bond acceptors (Lipinski definition) is 5. The molecule has 0 unspecified atom stereocenters. The maximum absolute atomic E-state index is 5.73. The van der Waals surface area contributed by atoms with Crippen LogP contribution >= 0.6 is 15.9 Å². The Balaban J connectivity index is 2.23. The van der Waals surface area contributed by atoms with Crippen molar-refractivity contribution in [3.05, 3.63) is 40.8 Å². The Morgan fingerprint density at radius 2 is 2.00 bits per heavy atom. The van der Waals surface area contributed by atoms with Gasteiger partial charge in [-0.2, -0.15) is 4.98 Å². The van der Waals surface area contributed by atoms with Crippen molar-refractivity contribution in [3.8, 4) is 0 Å². The molecule has 2 rings (SSSR count). The van der Waals surface area contributed by atoms with E-state index in [1.165, 1.54) is 0 Å². The van der Waals surface area contributed by atoms with Crippen molar-refractivity contribution in [3.63, 3.8) is 0 Å². The summed E-state index contributed by atoms with van der Waals surface area (Å²) in [4.78, 5) is 14.6. The van der Waals surface area contributed by atoms with Gasteiger partial charge in [0.2, 0.25) is 5.95 Å². The fraction of sp³-hybridized carbons (Fsp3) is 0.250. The summed E-state index contributed by atoms with van der Waals surface area (Å²) in [6.45, 7) is 3.59. The molecule has 2 aromatic heterocycles. The zero-order valence-electron chi connectivity index (χ0n) is 10.0. The van der Waals surface area contributed by atoms with Gasteiger partial charge in [-0.15, -0.1) is 0 Å². The molecular formula is C12H14BrN5. The molecule has 0 bridgehead atoms. The minimum absolute atomic E-state index is 0.458. The van der Waals surface area contributed by atoms with Crippen molar-refractivity contribution in [1.82, 2.24) is 15.0 Å². The number of anilines is 2. The SMILES string of the molecule is CCN(Cc1ccncc1)c1nc(N)cc(Br)n1. The highest BCUT2D eigenvalue weighted by molar-refractivity contribution is 9.10. The van der Waals surface area contributed by atoms with E-state index in [9.17, 15) is 0 Å². The van der Waals surface area contributed by atoms with Gasteiger partial charge in [-0.1, -0.05) is 0 Å². The average molecular weight is 308 g/mol. The molecule has 18 heavy (non-hydrogen) atoms. The van der Waals surface area contributed by atoms with E-state index in [0.29, 0.717) is 16.4 Å². The summed E-state index contributed by atoms with van der Waals surface area (Å²) < 4.78 is 0.693. The molecule has 0 aromatic carbocycles. The minimum Gasteiger partial charge on any atom is -0.383 e. The normalized spacial score (nSPS) is 10.3. The van der Waals surface area contributed by atoms with Gasteiger partial charge in [0.05, 0.1) is 0 Å². The van der Waals surface area contributed by atoms with Crippen LogP contribution in [0.3, 0.4) is 0 Å². The van der Waals surface area contributed by atoms with Crippen LogP contribution in [0.5, 0.6) is 0 Å². The second-order valence-corrected chi connectivity index (χ2v) is 4.60. The molecule has 6 heteroatoms. The van der Waals surface area contributed by atoms with Crippen LogP contribution in [-0.4, -0.2) is 21.5 Å². The quantitative estimate of drug-likeness (QED) is 0.877. The van der Waals surface area contributed by atoms with E-state index in [1.54, 1.807) is 18.5 Å². The van der Waals surface area contributed by atoms with E-state index in [0.717, 1.165) is 18.7 Å². The van der Waals surface area contributed by atoms with Crippen LogP contribution in [0.15, 0.2) is 35.2 Å². The van der Waals surface area contributed by atoms with Crippen LogP contribution in [0.1, 0.15) is 12.5 Å². The average Bonchev–Trinajstić information content (AvgIpc) is 2.36. The van der Waals surface area contributed by atoms with E-state index in [2.05, 4.69) is 42.7 Å². The van der Waals surface area contributed by atoms with Gasteiger partial charge in [-0.3, -0.25) is 4.98 Å². The minimum atomic E-state index is 0.458. The topological polar surface area (TPSA) is 67.9 Å². The number of hydrogen-bond donors (Lipinski definition) is 1. The van der Waals surface area contributed by atoms with E-state index in [4.69, 9.17) is 5.73 Å². The Bertz CT molecular complexity index is 497. The van der Waals surface area contributed by atoms with Crippen molar-refractivity contribution in [2.75, 3.05) is 17.2 Å². The second-order valence-electron chi connectivity index (χ2n) is 3.79. The number of nitrogens with two attached hydrogens (primary N) is 1.